The summed E-state index contributed by atoms with van der Waals surface area (Å²) in [6.45, 7) is 6.28. The number of carbonyl (C=O) groups excluding carboxylic acids is 2. The van der Waals surface area contributed by atoms with E-state index < -0.39 is 5.54 Å². The third-order valence-electron chi connectivity index (χ3n) is 6.36. The lowest BCUT2D eigenvalue weighted by Gasteiger charge is -2.43. The van der Waals surface area contributed by atoms with E-state index in [1.54, 1.807) is 46.0 Å². The Morgan fingerprint density at radius 3 is 2.71 bits per heavy atom. The lowest BCUT2D eigenvalue weighted by Crippen LogP contribution is -2.64. The molecule has 35 heavy (non-hydrogen) atoms. The average molecular weight is 505 g/mol. The van der Waals surface area contributed by atoms with E-state index in [-0.39, 0.29) is 18.4 Å². The Hall–Kier alpha value is -3.42. The Balaban J connectivity index is 1.57. The SMILES string of the molecule is Cc1cccc(CNC(=O)C2(C)Cn3nc(-c4cccs4)cc3C(=O)N2c2cc(Cl)ccc2C)c1. The highest BCUT2D eigenvalue weighted by Gasteiger charge is 2.49. The summed E-state index contributed by atoms with van der Waals surface area (Å²) in [7, 11) is 0. The second kappa shape index (κ2) is 8.98. The third-order valence-corrected chi connectivity index (χ3v) is 7.49. The summed E-state index contributed by atoms with van der Waals surface area (Å²) in [5.74, 6) is -0.546. The zero-order valence-electron chi connectivity index (χ0n) is 19.7. The lowest BCUT2D eigenvalue weighted by molar-refractivity contribution is -0.126. The summed E-state index contributed by atoms with van der Waals surface area (Å²) in [6.07, 6.45) is 0. The van der Waals surface area contributed by atoms with Gasteiger partial charge in [-0.1, -0.05) is 53.6 Å². The zero-order chi connectivity index (χ0) is 24.7. The highest BCUT2D eigenvalue weighted by molar-refractivity contribution is 7.13. The van der Waals surface area contributed by atoms with E-state index in [0.717, 1.165) is 27.3 Å². The summed E-state index contributed by atoms with van der Waals surface area (Å²) in [6, 6.07) is 19.1. The molecule has 4 aromatic rings. The van der Waals surface area contributed by atoms with Gasteiger partial charge in [-0.05, 0) is 61.5 Å². The van der Waals surface area contributed by atoms with Crippen LogP contribution < -0.4 is 10.2 Å². The minimum Gasteiger partial charge on any atom is -0.350 e. The first kappa shape index (κ1) is 23.3. The van der Waals surface area contributed by atoms with Crippen molar-refractivity contribution in [2.24, 2.45) is 0 Å². The number of hydrogen-bond acceptors (Lipinski definition) is 4. The molecule has 0 fully saturated rings. The predicted octanol–water partition coefficient (Wildman–Crippen LogP) is 5.62. The van der Waals surface area contributed by atoms with Gasteiger partial charge in [0.05, 0.1) is 11.4 Å². The number of aromatic nitrogens is 2. The molecule has 0 saturated heterocycles. The van der Waals surface area contributed by atoms with Crippen molar-refractivity contribution in [3.8, 4) is 10.6 Å². The second-order valence-corrected chi connectivity index (χ2v) is 10.5. The van der Waals surface area contributed by atoms with E-state index in [4.69, 9.17) is 16.7 Å². The molecule has 0 aliphatic carbocycles. The fraction of sp³-hybridized carbons (Fsp3) is 0.222. The molecule has 2 aromatic heterocycles. The highest BCUT2D eigenvalue weighted by atomic mass is 35.5. The highest BCUT2D eigenvalue weighted by Crippen LogP contribution is 2.37. The minimum atomic E-state index is -1.22. The number of aryl methyl sites for hydroxylation is 2. The first-order chi connectivity index (χ1) is 16.8. The number of rotatable bonds is 5. The second-order valence-electron chi connectivity index (χ2n) is 9.07. The molecule has 0 radical (unpaired) electrons. The van der Waals surface area contributed by atoms with Crippen molar-refractivity contribution in [3.63, 3.8) is 0 Å². The number of carbonyl (C=O) groups is 2. The standard InChI is InChI=1S/C27H25ClN4O2S/c1-17-6-4-7-19(12-17)15-29-26(34)27(3)16-31-23(14-21(30-31)24-8-5-11-35-24)25(33)32(27)22-13-20(28)10-9-18(22)2/h4-14H,15-16H2,1-3H3,(H,29,34). The van der Waals surface area contributed by atoms with E-state index in [0.29, 0.717) is 22.9 Å². The predicted molar refractivity (Wildman–Crippen MR) is 140 cm³/mol. The van der Waals surface area contributed by atoms with E-state index in [9.17, 15) is 9.59 Å². The van der Waals surface area contributed by atoms with Crippen LogP contribution in [0.25, 0.3) is 10.6 Å². The van der Waals surface area contributed by atoms with Gasteiger partial charge in [0, 0.05) is 17.3 Å². The first-order valence-electron chi connectivity index (χ1n) is 11.3. The third kappa shape index (κ3) is 4.26. The normalized spacial score (nSPS) is 17.4. The van der Waals surface area contributed by atoms with E-state index >= 15 is 0 Å². The Labute approximate surface area is 213 Å². The molecule has 1 atom stereocenters. The largest absolute Gasteiger partial charge is 0.350 e. The smallest absolute Gasteiger partial charge is 0.277 e. The van der Waals surface area contributed by atoms with Gasteiger partial charge in [-0.25, -0.2) is 0 Å². The molecule has 6 nitrogen and oxygen atoms in total. The van der Waals surface area contributed by atoms with Crippen LogP contribution in [-0.2, 0) is 17.9 Å². The maximum Gasteiger partial charge on any atom is 0.277 e. The monoisotopic (exact) mass is 504 g/mol. The van der Waals surface area contributed by atoms with E-state index in [2.05, 4.69) is 5.32 Å². The van der Waals surface area contributed by atoms with Gasteiger partial charge in [-0.2, -0.15) is 5.10 Å². The zero-order valence-corrected chi connectivity index (χ0v) is 21.3. The summed E-state index contributed by atoms with van der Waals surface area (Å²) in [5.41, 5.74) is 3.52. The van der Waals surface area contributed by atoms with Crippen LogP contribution in [0.2, 0.25) is 5.02 Å². The van der Waals surface area contributed by atoms with Crippen LogP contribution >= 0.6 is 22.9 Å². The van der Waals surface area contributed by atoms with Crippen molar-refractivity contribution in [2.45, 2.75) is 39.4 Å². The molecule has 3 heterocycles. The summed E-state index contributed by atoms with van der Waals surface area (Å²) in [5, 5.41) is 10.2. The molecule has 178 valence electrons. The van der Waals surface area contributed by atoms with E-state index in [1.807, 2.05) is 61.7 Å². The lowest BCUT2D eigenvalue weighted by atomic mass is 9.93. The number of nitrogens with one attached hydrogen (secondary N) is 1. The molecule has 1 unspecified atom stereocenters. The van der Waals surface area contributed by atoms with Gasteiger partial charge in [-0.15, -0.1) is 11.3 Å². The molecular formula is C27H25ClN4O2S. The number of nitrogens with zero attached hydrogens (tertiary/aromatic N) is 3. The van der Waals surface area contributed by atoms with Crippen molar-refractivity contribution in [1.29, 1.82) is 0 Å². The molecule has 0 saturated carbocycles. The van der Waals surface area contributed by atoms with E-state index in [1.165, 1.54) is 0 Å². The van der Waals surface area contributed by atoms with Crippen LogP contribution in [0.3, 0.4) is 0 Å². The van der Waals surface area contributed by atoms with Crippen LogP contribution in [-0.4, -0.2) is 27.1 Å². The van der Waals surface area contributed by atoms with Crippen molar-refractivity contribution >= 4 is 40.4 Å². The van der Waals surface area contributed by atoms with Crippen molar-refractivity contribution in [2.75, 3.05) is 4.90 Å². The Morgan fingerprint density at radius 2 is 1.97 bits per heavy atom. The van der Waals surface area contributed by atoms with Gasteiger partial charge >= 0.3 is 0 Å². The summed E-state index contributed by atoms with van der Waals surface area (Å²) >= 11 is 7.89. The van der Waals surface area contributed by atoms with Gasteiger partial charge < -0.3 is 5.32 Å². The number of hydrogen-bond donors (Lipinski definition) is 1. The fourth-order valence-corrected chi connectivity index (χ4v) is 5.37. The summed E-state index contributed by atoms with van der Waals surface area (Å²) in [4.78, 5) is 30.3. The Kier molecular flexibility index (Phi) is 5.99. The van der Waals surface area contributed by atoms with Crippen molar-refractivity contribution in [1.82, 2.24) is 15.1 Å². The van der Waals surface area contributed by atoms with Gasteiger partial charge in [0.25, 0.3) is 5.91 Å². The maximum atomic E-state index is 13.9. The number of fused-ring (bicyclic) bond motifs is 1. The number of thiophene rings is 1. The van der Waals surface area contributed by atoms with Crippen molar-refractivity contribution in [3.05, 3.63) is 93.5 Å². The fourth-order valence-electron chi connectivity index (χ4n) is 4.52. The van der Waals surface area contributed by atoms with Crippen LogP contribution in [0.15, 0.2) is 66.0 Å². The molecular weight excluding hydrogens is 480 g/mol. The number of halogens is 1. The number of anilines is 1. The van der Waals surface area contributed by atoms with Gasteiger partial charge in [0.15, 0.2) is 0 Å². The molecule has 0 spiro atoms. The molecule has 2 amide bonds. The van der Waals surface area contributed by atoms with Gasteiger partial charge in [-0.3, -0.25) is 19.2 Å². The van der Waals surface area contributed by atoms with Crippen LogP contribution in [0.4, 0.5) is 5.69 Å². The summed E-state index contributed by atoms with van der Waals surface area (Å²) < 4.78 is 1.65. The van der Waals surface area contributed by atoms with Gasteiger partial charge in [0.1, 0.15) is 16.9 Å². The molecule has 0 bridgehead atoms. The minimum absolute atomic E-state index is 0.213. The molecule has 8 heteroatoms. The Morgan fingerprint density at radius 1 is 1.14 bits per heavy atom. The number of amides is 2. The quantitative estimate of drug-likeness (QED) is 0.383. The van der Waals surface area contributed by atoms with Gasteiger partial charge in [0.2, 0.25) is 5.91 Å². The Bertz CT molecular complexity index is 1430. The maximum absolute atomic E-state index is 13.9. The van der Waals surface area contributed by atoms with Crippen molar-refractivity contribution < 1.29 is 9.59 Å². The van der Waals surface area contributed by atoms with Crippen LogP contribution in [0.5, 0.6) is 0 Å². The molecule has 5 rings (SSSR count). The molecule has 2 aromatic carbocycles. The first-order valence-corrected chi connectivity index (χ1v) is 12.6. The topological polar surface area (TPSA) is 67.2 Å². The number of benzene rings is 2. The molecule has 1 aliphatic rings. The molecule has 1 aliphatic heterocycles. The molecule has 1 N–H and O–H groups in total. The van der Waals surface area contributed by atoms with Crippen LogP contribution in [0, 0.1) is 13.8 Å². The van der Waals surface area contributed by atoms with Crippen LogP contribution in [0.1, 0.15) is 34.1 Å². The average Bonchev–Trinajstić information content (AvgIpc) is 3.50.